The van der Waals surface area contributed by atoms with Gasteiger partial charge in [-0.3, -0.25) is 4.79 Å². The fourth-order valence-electron chi connectivity index (χ4n) is 2.68. The monoisotopic (exact) mass is 342 g/mol. The van der Waals surface area contributed by atoms with Crippen molar-refractivity contribution in [1.29, 1.82) is 0 Å². The van der Waals surface area contributed by atoms with Crippen molar-refractivity contribution < 1.29 is 19.0 Å². The minimum Gasteiger partial charge on any atom is -0.496 e. The highest BCUT2D eigenvalue weighted by Gasteiger charge is 2.09. The Morgan fingerprint density at radius 1 is 0.960 bits per heavy atom. The number of aryl methyl sites for hydroxylation is 1. The van der Waals surface area contributed by atoms with E-state index in [2.05, 4.69) is 26.0 Å². The van der Waals surface area contributed by atoms with Gasteiger partial charge in [0.05, 0.1) is 20.8 Å². The Hall–Kier alpha value is -2.49. The van der Waals surface area contributed by atoms with Gasteiger partial charge >= 0.3 is 0 Å². The van der Waals surface area contributed by atoms with Crippen molar-refractivity contribution in [2.24, 2.45) is 0 Å². The number of benzene rings is 2. The van der Waals surface area contributed by atoms with Crippen LogP contribution in [0.15, 0.2) is 36.4 Å². The number of methoxy groups -OCH3 is 2. The third kappa shape index (κ3) is 4.99. The number of rotatable bonds is 9. The van der Waals surface area contributed by atoms with Gasteiger partial charge in [0.15, 0.2) is 11.5 Å². The van der Waals surface area contributed by atoms with Gasteiger partial charge in [-0.1, -0.05) is 26.0 Å². The zero-order valence-corrected chi connectivity index (χ0v) is 15.4. The highest BCUT2D eigenvalue weighted by molar-refractivity contribution is 5.76. The van der Waals surface area contributed by atoms with E-state index in [1.54, 1.807) is 32.4 Å². The minimum atomic E-state index is 0.483. The molecule has 2 aromatic carbocycles. The maximum Gasteiger partial charge on any atom is 0.161 e. The largest absolute Gasteiger partial charge is 0.496 e. The van der Waals surface area contributed by atoms with Gasteiger partial charge in [0, 0.05) is 5.56 Å². The molecule has 0 saturated carbocycles. The number of hydrogen-bond acceptors (Lipinski definition) is 4. The zero-order valence-electron chi connectivity index (χ0n) is 15.4. The number of carbonyl (C=O) groups excluding carboxylic acids is 1. The number of ether oxygens (including phenoxy) is 3. The predicted molar refractivity (Wildman–Crippen MR) is 99.3 cm³/mol. The lowest BCUT2D eigenvalue weighted by atomic mass is 9.98. The molecule has 0 fully saturated rings. The summed E-state index contributed by atoms with van der Waals surface area (Å²) in [5.74, 6) is 2.61. The van der Waals surface area contributed by atoms with Crippen LogP contribution in [0.5, 0.6) is 17.2 Å². The summed E-state index contributed by atoms with van der Waals surface area (Å²) >= 11 is 0. The molecule has 2 aromatic rings. The molecule has 4 nitrogen and oxygen atoms in total. The first-order valence-electron chi connectivity index (χ1n) is 8.51. The molecule has 2 rings (SSSR count). The van der Waals surface area contributed by atoms with Crippen molar-refractivity contribution in [3.8, 4) is 17.2 Å². The van der Waals surface area contributed by atoms with Gasteiger partial charge in [-0.25, -0.2) is 0 Å². The predicted octanol–water partition coefficient (Wildman–Crippen LogP) is 4.65. The number of carbonyl (C=O) groups is 1. The Morgan fingerprint density at radius 2 is 1.68 bits per heavy atom. The summed E-state index contributed by atoms with van der Waals surface area (Å²) in [6.45, 7) is 4.90. The second-order valence-electron chi connectivity index (χ2n) is 6.21. The lowest BCUT2D eigenvalue weighted by Gasteiger charge is -2.14. The average molecular weight is 342 g/mol. The van der Waals surface area contributed by atoms with Crippen LogP contribution in [0.3, 0.4) is 0 Å². The highest BCUT2D eigenvalue weighted by Crippen LogP contribution is 2.28. The van der Waals surface area contributed by atoms with E-state index in [0.29, 0.717) is 29.6 Å². The quantitative estimate of drug-likeness (QED) is 0.491. The van der Waals surface area contributed by atoms with Crippen LogP contribution in [-0.4, -0.2) is 27.1 Å². The Balaban J connectivity index is 1.99. The fraction of sp³-hybridized carbons (Fsp3) is 0.381. The number of hydrogen-bond donors (Lipinski definition) is 0. The molecule has 0 atom stereocenters. The Kier molecular flexibility index (Phi) is 6.87. The molecule has 25 heavy (non-hydrogen) atoms. The first-order valence-corrected chi connectivity index (χ1v) is 8.51. The summed E-state index contributed by atoms with van der Waals surface area (Å²) in [4.78, 5) is 10.9. The van der Waals surface area contributed by atoms with E-state index in [-0.39, 0.29) is 0 Å². The van der Waals surface area contributed by atoms with Crippen LogP contribution >= 0.6 is 0 Å². The minimum absolute atomic E-state index is 0.483. The maximum absolute atomic E-state index is 10.9. The molecule has 0 aliphatic heterocycles. The van der Waals surface area contributed by atoms with Gasteiger partial charge in [-0.15, -0.1) is 0 Å². The highest BCUT2D eigenvalue weighted by atomic mass is 16.5. The standard InChI is InChI=1S/C21H26O4/c1-15(2)17-8-10-19(23-3)18(13-17)6-5-11-25-21-12-16(14-22)7-9-20(21)24-4/h7-10,12-15H,5-6,11H2,1-4H3. The van der Waals surface area contributed by atoms with Crippen LogP contribution < -0.4 is 14.2 Å². The second-order valence-corrected chi connectivity index (χ2v) is 6.21. The molecule has 0 amide bonds. The molecule has 0 bridgehead atoms. The first-order chi connectivity index (χ1) is 12.1. The lowest BCUT2D eigenvalue weighted by molar-refractivity contribution is 0.112. The van der Waals surface area contributed by atoms with Gasteiger partial charge in [0.2, 0.25) is 0 Å². The normalized spacial score (nSPS) is 10.6. The first kappa shape index (κ1) is 18.8. The lowest BCUT2D eigenvalue weighted by Crippen LogP contribution is -2.03. The molecular weight excluding hydrogens is 316 g/mol. The van der Waals surface area contributed by atoms with E-state index in [9.17, 15) is 4.79 Å². The number of aldehydes is 1. The molecule has 4 heteroatoms. The molecular formula is C21H26O4. The summed E-state index contributed by atoms with van der Waals surface area (Å²) in [7, 11) is 3.28. The Labute approximate surface area is 149 Å². The van der Waals surface area contributed by atoms with Gasteiger partial charge in [-0.2, -0.15) is 0 Å². The average Bonchev–Trinajstić information content (AvgIpc) is 2.64. The summed E-state index contributed by atoms with van der Waals surface area (Å²) in [5.41, 5.74) is 3.06. The molecule has 0 spiro atoms. The van der Waals surface area contributed by atoms with Crippen molar-refractivity contribution in [3.05, 3.63) is 53.1 Å². The van der Waals surface area contributed by atoms with Crippen molar-refractivity contribution in [1.82, 2.24) is 0 Å². The summed E-state index contributed by atoms with van der Waals surface area (Å²) in [6, 6.07) is 11.5. The molecule has 0 N–H and O–H groups in total. The van der Waals surface area contributed by atoms with E-state index in [1.807, 2.05) is 6.07 Å². The van der Waals surface area contributed by atoms with E-state index in [0.717, 1.165) is 24.9 Å². The molecule has 0 saturated heterocycles. The molecule has 0 radical (unpaired) electrons. The topological polar surface area (TPSA) is 44.8 Å². The maximum atomic E-state index is 10.9. The van der Waals surface area contributed by atoms with Gasteiger partial charge < -0.3 is 14.2 Å². The van der Waals surface area contributed by atoms with Gasteiger partial charge in [0.25, 0.3) is 0 Å². The molecule has 0 heterocycles. The van der Waals surface area contributed by atoms with Gasteiger partial charge in [0.1, 0.15) is 12.0 Å². The molecule has 0 aromatic heterocycles. The smallest absolute Gasteiger partial charge is 0.161 e. The zero-order chi connectivity index (χ0) is 18.2. The summed E-state index contributed by atoms with van der Waals surface area (Å²) < 4.78 is 16.6. The fourth-order valence-corrected chi connectivity index (χ4v) is 2.68. The molecule has 0 aliphatic carbocycles. The van der Waals surface area contributed by atoms with E-state index in [4.69, 9.17) is 14.2 Å². The molecule has 0 aliphatic rings. The van der Waals surface area contributed by atoms with Crippen molar-refractivity contribution >= 4 is 6.29 Å². The van der Waals surface area contributed by atoms with Crippen LogP contribution in [0.1, 0.15) is 47.7 Å². The second kappa shape index (κ2) is 9.11. The molecule has 134 valence electrons. The molecule has 0 unspecified atom stereocenters. The van der Waals surface area contributed by atoms with E-state index in [1.165, 1.54) is 11.1 Å². The Morgan fingerprint density at radius 3 is 2.32 bits per heavy atom. The van der Waals surface area contributed by atoms with Gasteiger partial charge in [-0.05, 0) is 54.2 Å². The Bertz CT molecular complexity index is 707. The van der Waals surface area contributed by atoms with Crippen LogP contribution in [0, 0.1) is 0 Å². The van der Waals surface area contributed by atoms with E-state index < -0.39 is 0 Å². The van der Waals surface area contributed by atoms with Crippen LogP contribution in [0.4, 0.5) is 0 Å². The third-order valence-electron chi connectivity index (χ3n) is 4.14. The van der Waals surface area contributed by atoms with Crippen molar-refractivity contribution in [2.45, 2.75) is 32.6 Å². The van der Waals surface area contributed by atoms with Crippen LogP contribution in [0.2, 0.25) is 0 Å². The summed E-state index contributed by atoms with van der Waals surface area (Å²) in [5, 5.41) is 0. The third-order valence-corrected chi connectivity index (χ3v) is 4.14. The SMILES string of the molecule is COc1ccc(C(C)C)cc1CCCOc1cc(C=O)ccc1OC. The van der Waals surface area contributed by atoms with Crippen molar-refractivity contribution in [2.75, 3.05) is 20.8 Å². The van der Waals surface area contributed by atoms with E-state index >= 15 is 0 Å². The summed E-state index contributed by atoms with van der Waals surface area (Å²) in [6.07, 6.45) is 2.50. The van der Waals surface area contributed by atoms with Crippen LogP contribution in [-0.2, 0) is 6.42 Å². The van der Waals surface area contributed by atoms with Crippen molar-refractivity contribution in [3.63, 3.8) is 0 Å². The van der Waals surface area contributed by atoms with Crippen LogP contribution in [0.25, 0.3) is 0 Å².